The summed E-state index contributed by atoms with van der Waals surface area (Å²) in [5, 5.41) is 0. The molecular formula is C22H17F7N2. The van der Waals surface area contributed by atoms with Gasteiger partial charge in [0.2, 0.25) is 0 Å². The highest BCUT2D eigenvalue weighted by molar-refractivity contribution is 5.70. The van der Waals surface area contributed by atoms with Crippen LogP contribution in [0.3, 0.4) is 0 Å². The van der Waals surface area contributed by atoms with Gasteiger partial charge in [-0.05, 0) is 48.2 Å². The van der Waals surface area contributed by atoms with Crippen molar-refractivity contribution < 1.29 is 30.7 Å². The number of aromatic nitrogens is 2. The summed E-state index contributed by atoms with van der Waals surface area (Å²) in [4.78, 5) is 8.18. The first-order valence-electron chi connectivity index (χ1n) is 9.48. The van der Waals surface area contributed by atoms with Gasteiger partial charge in [-0.1, -0.05) is 19.8 Å². The molecule has 0 spiro atoms. The largest absolute Gasteiger partial charge is 0.422 e. The molecule has 2 aromatic carbocycles. The van der Waals surface area contributed by atoms with E-state index in [1.807, 2.05) is 0 Å². The van der Waals surface area contributed by atoms with E-state index in [1.165, 1.54) is 0 Å². The molecule has 0 saturated carbocycles. The van der Waals surface area contributed by atoms with Crippen molar-refractivity contribution >= 4 is 0 Å². The number of nitrogens with zero attached hydrogens (tertiary/aromatic N) is 2. The Morgan fingerprint density at radius 1 is 0.742 bits per heavy atom. The fraction of sp³-hybridized carbons (Fsp3) is 0.273. The molecule has 0 saturated heterocycles. The van der Waals surface area contributed by atoms with Crippen LogP contribution in [-0.4, -0.2) is 9.97 Å². The van der Waals surface area contributed by atoms with Gasteiger partial charge in [0.1, 0.15) is 28.8 Å². The van der Waals surface area contributed by atoms with Crippen LogP contribution in [-0.2, 0) is 12.6 Å². The van der Waals surface area contributed by atoms with E-state index in [0.717, 1.165) is 43.4 Å². The van der Waals surface area contributed by atoms with Gasteiger partial charge in [-0.3, -0.25) is 0 Å². The first kappa shape index (κ1) is 22.7. The fourth-order valence-electron chi connectivity index (χ4n) is 3.18. The number of aryl methyl sites for hydroxylation is 1. The molecule has 0 aliphatic heterocycles. The first-order chi connectivity index (χ1) is 14.6. The second-order valence-electron chi connectivity index (χ2n) is 7.00. The smallest absolute Gasteiger partial charge is 0.236 e. The Morgan fingerprint density at radius 2 is 1.26 bits per heavy atom. The molecule has 164 valence electrons. The van der Waals surface area contributed by atoms with E-state index in [0.29, 0.717) is 0 Å². The van der Waals surface area contributed by atoms with Crippen molar-refractivity contribution in [2.45, 2.75) is 38.8 Å². The SMILES string of the molecule is CCCCCc1cnc(-c2cc(F)c(-c3cc(F)c(C(F)(F)F)c(F)c3)c(F)c2)nc1. The highest BCUT2D eigenvalue weighted by Gasteiger charge is 2.38. The van der Waals surface area contributed by atoms with E-state index in [4.69, 9.17) is 0 Å². The molecule has 0 fully saturated rings. The average Bonchev–Trinajstić information content (AvgIpc) is 2.66. The molecular weight excluding hydrogens is 425 g/mol. The van der Waals surface area contributed by atoms with Gasteiger partial charge in [-0.15, -0.1) is 0 Å². The Morgan fingerprint density at radius 3 is 1.74 bits per heavy atom. The number of unbranched alkanes of at least 4 members (excludes halogenated alkanes) is 2. The molecule has 3 aromatic rings. The Labute approximate surface area is 173 Å². The number of benzene rings is 2. The van der Waals surface area contributed by atoms with Crippen LogP contribution in [0.15, 0.2) is 36.7 Å². The van der Waals surface area contributed by atoms with Crippen LogP contribution in [0.2, 0.25) is 0 Å². The van der Waals surface area contributed by atoms with Crippen molar-refractivity contribution in [1.82, 2.24) is 9.97 Å². The van der Waals surface area contributed by atoms with E-state index in [1.54, 1.807) is 12.4 Å². The van der Waals surface area contributed by atoms with Crippen LogP contribution in [0, 0.1) is 23.3 Å². The van der Waals surface area contributed by atoms with Gasteiger partial charge in [0, 0.05) is 18.0 Å². The number of alkyl halides is 3. The number of halogens is 7. The predicted octanol–water partition coefficient (Wildman–Crippen LogP) is 7.12. The zero-order valence-corrected chi connectivity index (χ0v) is 16.3. The Bertz CT molecular complexity index is 1030. The Hall–Kier alpha value is -2.97. The second kappa shape index (κ2) is 9.03. The van der Waals surface area contributed by atoms with Gasteiger partial charge in [0.25, 0.3) is 0 Å². The average molecular weight is 442 g/mol. The molecule has 0 amide bonds. The highest BCUT2D eigenvalue weighted by Crippen LogP contribution is 2.37. The topological polar surface area (TPSA) is 25.8 Å². The predicted molar refractivity (Wildman–Crippen MR) is 101 cm³/mol. The number of hydrogen-bond acceptors (Lipinski definition) is 2. The molecule has 2 nitrogen and oxygen atoms in total. The van der Waals surface area contributed by atoms with Crippen LogP contribution >= 0.6 is 0 Å². The van der Waals surface area contributed by atoms with E-state index in [-0.39, 0.29) is 23.5 Å². The summed E-state index contributed by atoms with van der Waals surface area (Å²) in [6.45, 7) is 2.07. The number of rotatable bonds is 6. The Balaban J connectivity index is 1.94. The lowest BCUT2D eigenvalue weighted by molar-refractivity contribution is -0.142. The van der Waals surface area contributed by atoms with E-state index < -0.39 is 46.1 Å². The Kier molecular flexibility index (Phi) is 6.62. The maximum atomic E-state index is 14.6. The molecule has 0 aliphatic rings. The minimum Gasteiger partial charge on any atom is -0.236 e. The third-order valence-electron chi connectivity index (χ3n) is 4.69. The maximum absolute atomic E-state index is 14.6. The minimum absolute atomic E-state index is 0.0216. The minimum atomic E-state index is -5.28. The summed E-state index contributed by atoms with van der Waals surface area (Å²) in [6, 6.07) is 2.21. The standard InChI is InChI=1S/C22H17F7N2/c1-2-3-4-5-12-10-30-21(31-11-12)14-8-15(23)19(16(24)9-14)13-6-17(25)20(18(26)7-13)22(27,28)29/h6-11H,2-5H2,1H3. The van der Waals surface area contributed by atoms with Crippen LogP contribution in [0.5, 0.6) is 0 Å². The molecule has 0 aliphatic carbocycles. The summed E-state index contributed by atoms with van der Waals surface area (Å²) in [5.74, 6) is -6.33. The molecule has 1 heterocycles. The third kappa shape index (κ3) is 5.03. The van der Waals surface area contributed by atoms with Crippen molar-refractivity contribution in [2.75, 3.05) is 0 Å². The van der Waals surface area contributed by atoms with Crippen molar-refractivity contribution in [3.63, 3.8) is 0 Å². The van der Waals surface area contributed by atoms with Crippen LogP contribution in [0.1, 0.15) is 37.3 Å². The van der Waals surface area contributed by atoms with Gasteiger partial charge < -0.3 is 0 Å². The maximum Gasteiger partial charge on any atom is 0.422 e. The number of hydrogen-bond donors (Lipinski definition) is 0. The van der Waals surface area contributed by atoms with Crippen molar-refractivity contribution in [3.8, 4) is 22.5 Å². The monoisotopic (exact) mass is 442 g/mol. The summed E-state index contributed by atoms with van der Waals surface area (Å²) in [7, 11) is 0. The van der Waals surface area contributed by atoms with Crippen LogP contribution in [0.4, 0.5) is 30.7 Å². The van der Waals surface area contributed by atoms with Crippen molar-refractivity contribution in [1.29, 1.82) is 0 Å². The molecule has 9 heteroatoms. The van der Waals surface area contributed by atoms with E-state index >= 15 is 0 Å². The molecule has 0 bridgehead atoms. The lowest BCUT2D eigenvalue weighted by atomic mass is 9.99. The molecule has 0 radical (unpaired) electrons. The molecule has 0 atom stereocenters. The van der Waals surface area contributed by atoms with Gasteiger partial charge in [0.15, 0.2) is 5.82 Å². The zero-order valence-electron chi connectivity index (χ0n) is 16.3. The molecule has 0 N–H and O–H groups in total. The van der Waals surface area contributed by atoms with Gasteiger partial charge in [0.05, 0.1) is 5.56 Å². The lowest BCUT2D eigenvalue weighted by Gasteiger charge is -2.13. The van der Waals surface area contributed by atoms with E-state index in [2.05, 4.69) is 16.9 Å². The van der Waals surface area contributed by atoms with Crippen LogP contribution in [0.25, 0.3) is 22.5 Å². The summed E-state index contributed by atoms with van der Waals surface area (Å²) >= 11 is 0. The van der Waals surface area contributed by atoms with Gasteiger partial charge >= 0.3 is 6.18 Å². The summed E-state index contributed by atoms with van der Waals surface area (Å²) in [5.41, 5.74) is -2.83. The fourth-order valence-corrected chi connectivity index (χ4v) is 3.18. The molecule has 0 unspecified atom stereocenters. The quantitative estimate of drug-likeness (QED) is 0.300. The molecule has 1 aromatic heterocycles. The molecule has 3 rings (SSSR count). The van der Waals surface area contributed by atoms with Crippen molar-refractivity contribution in [2.24, 2.45) is 0 Å². The lowest BCUT2D eigenvalue weighted by Crippen LogP contribution is -2.11. The second-order valence-corrected chi connectivity index (χ2v) is 7.00. The van der Waals surface area contributed by atoms with Gasteiger partial charge in [-0.25, -0.2) is 27.5 Å². The van der Waals surface area contributed by atoms with Crippen LogP contribution < -0.4 is 0 Å². The van der Waals surface area contributed by atoms with E-state index in [9.17, 15) is 30.7 Å². The first-order valence-corrected chi connectivity index (χ1v) is 9.48. The third-order valence-corrected chi connectivity index (χ3v) is 4.69. The molecule has 31 heavy (non-hydrogen) atoms. The zero-order chi connectivity index (χ0) is 22.8. The normalized spacial score (nSPS) is 11.7. The summed E-state index contributed by atoms with van der Waals surface area (Å²) < 4.78 is 95.0. The van der Waals surface area contributed by atoms with Crippen molar-refractivity contribution in [3.05, 3.63) is 71.1 Å². The highest BCUT2D eigenvalue weighted by atomic mass is 19.4. The summed E-state index contributed by atoms with van der Waals surface area (Å²) in [6.07, 6.45) is 1.62. The van der Waals surface area contributed by atoms with Gasteiger partial charge in [-0.2, -0.15) is 13.2 Å².